The van der Waals surface area contributed by atoms with E-state index in [1.54, 1.807) is 6.07 Å². The lowest BCUT2D eigenvalue weighted by Crippen LogP contribution is -2.09. The van der Waals surface area contributed by atoms with Crippen molar-refractivity contribution in [1.29, 1.82) is 0 Å². The number of hydrogen-bond donors (Lipinski definition) is 2. The first-order chi connectivity index (χ1) is 9.81. The highest BCUT2D eigenvalue weighted by Gasteiger charge is 2.17. The summed E-state index contributed by atoms with van der Waals surface area (Å²) in [5, 5.41) is 17.8. The fourth-order valence-corrected chi connectivity index (χ4v) is 2.55. The number of nitrogens with zero attached hydrogens (tertiary/aromatic N) is 2. The molecule has 1 heterocycles. The van der Waals surface area contributed by atoms with Gasteiger partial charge in [0.05, 0.1) is 23.1 Å². The van der Waals surface area contributed by atoms with Gasteiger partial charge < -0.3 is 10.4 Å². The Hall–Kier alpha value is -2.04. The van der Waals surface area contributed by atoms with Crippen LogP contribution in [0.15, 0.2) is 18.2 Å². The predicted molar refractivity (Wildman–Crippen MR) is 82.2 cm³/mol. The number of nitrogens with one attached hydrogen (secondary N) is 1. The van der Waals surface area contributed by atoms with Gasteiger partial charge in [0.2, 0.25) is 0 Å². The first kappa shape index (κ1) is 15.4. The van der Waals surface area contributed by atoms with Crippen LogP contribution in [0.2, 0.25) is 0 Å². The second-order valence-electron chi connectivity index (χ2n) is 5.65. The van der Waals surface area contributed by atoms with Crippen LogP contribution in [0.25, 0.3) is 0 Å². The van der Waals surface area contributed by atoms with Crippen LogP contribution in [0, 0.1) is 19.7 Å². The number of benzene rings is 1. The van der Waals surface area contributed by atoms with Gasteiger partial charge in [0, 0.05) is 17.7 Å². The molecule has 21 heavy (non-hydrogen) atoms. The lowest BCUT2D eigenvalue weighted by Gasteiger charge is -2.17. The number of aromatic nitrogens is 2. The monoisotopic (exact) mass is 291 g/mol. The lowest BCUT2D eigenvalue weighted by atomic mass is 10.1. The average molecular weight is 291 g/mol. The predicted octanol–water partition coefficient (Wildman–Crippen LogP) is 4.10. The molecule has 5 heteroatoms. The molecular weight excluding hydrogens is 269 g/mol. The summed E-state index contributed by atoms with van der Waals surface area (Å²) in [5.41, 5.74) is 3.58. The van der Waals surface area contributed by atoms with Gasteiger partial charge in [0.25, 0.3) is 0 Å². The Kier molecular flexibility index (Phi) is 4.21. The molecule has 0 saturated carbocycles. The summed E-state index contributed by atoms with van der Waals surface area (Å²) in [4.78, 5) is 0. The zero-order valence-electron chi connectivity index (χ0n) is 13.1. The summed E-state index contributed by atoms with van der Waals surface area (Å²) >= 11 is 0. The van der Waals surface area contributed by atoms with E-state index in [4.69, 9.17) is 0 Å². The molecule has 114 valence electrons. The van der Waals surface area contributed by atoms with Crippen molar-refractivity contribution in [3.05, 3.63) is 41.0 Å². The van der Waals surface area contributed by atoms with E-state index < -0.39 is 5.82 Å². The molecule has 1 aromatic heterocycles. The summed E-state index contributed by atoms with van der Waals surface area (Å²) in [7, 11) is 0. The van der Waals surface area contributed by atoms with Gasteiger partial charge in [-0.2, -0.15) is 5.10 Å². The van der Waals surface area contributed by atoms with E-state index in [0.717, 1.165) is 23.1 Å². The summed E-state index contributed by atoms with van der Waals surface area (Å²) in [6, 6.07) is 4.22. The SMILES string of the molecule is Cc1nn(C(C)C)c(C)c1NC(C)c1ccc(F)cc1O. The van der Waals surface area contributed by atoms with Crippen LogP contribution in [0.5, 0.6) is 5.75 Å². The second-order valence-corrected chi connectivity index (χ2v) is 5.65. The standard InChI is InChI=1S/C16H22FN3O/c1-9(2)20-12(5)16(11(4)19-20)18-10(3)14-7-6-13(17)8-15(14)21/h6-10,18,21H,1-5H3. The maximum atomic E-state index is 13.1. The third-order valence-corrected chi connectivity index (χ3v) is 3.63. The zero-order chi connectivity index (χ0) is 15.7. The van der Waals surface area contributed by atoms with Gasteiger partial charge in [0.15, 0.2) is 0 Å². The highest BCUT2D eigenvalue weighted by atomic mass is 19.1. The first-order valence-corrected chi connectivity index (χ1v) is 7.12. The lowest BCUT2D eigenvalue weighted by molar-refractivity contribution is 0.459. The summed E-state index contributed by atoms with van der Waals surface area (Å²) in [5.74, 6) is -0.481. The molecule has 0 fully saturated rings. The third kappa shape index (κ3) is 3.01. The van der Waals surface area contributed by atoms with E-state index in [-0.39, 0.29) is 17.8 Å². The number of rotatable bonds is 4. The number of anilines is 1. The van der Waals surface area contributed by atoms with Crippen molar-refractivity contribution in [3.8, 4) is 5.75 Å². The number of halogens is 1. The largest absolute Gasteiger partial charge is 0.507 e. The van der Waals surface area contributed by atoms with Crippen LogP contribution in [-0.4, -0.2) is 14.9 Å². The number of phenolic OH excluding ortho intramolecular Hbond substituents is 1. The Morgan fingerprint density at radius 3 is 2.43 bits per heavy atom. The van der Waals surface area contributed by atoms with Gasteiger partial charge in [-0.25, -0.2) is 4.39 Å². The van der Waals surface area contributed by atoms with Gasteiger partial charge in [-0.3, -0.25) is 4.68 Å². The molecule has 2 aromatic rings. The van der Waals surface area contributed by atoms with Gasteiger partial charge in [0.1, 0.15) is 11.6 Å². The van der Waals surface area contributed by atoms with Crippen LogP contribution in [0.1, 0.15) is 49.8 Å². The van der Waals surface area contributed by atoms with Crippen molar-refractivity contribution in [2.75, 3.05) is 5.32 Å². The Morgan fingerprint density at radius 2 is 1.90 bits per heavy atom. The molecule has 1 aromatic carbocycles. The van der Waals surface area contributed by atoms with Crippen LogP contribution in [-0.2, 0) is 0 Å². The van der Waals surface area contributed by atoms with Crippen LogP contribution in [0.4, 0.5) is 10.1 Å². The zero-order valence-corrected chi connectivity index (χ0v) is 13.1. The molecule has 0 aliphatic heterocycles. The molecule has 0 radical (unpaired) electrons. The van der Waals surface area contributed by atoms with Gasteiger partial charge >= 0.3 is 0 Å². The summed E-state index contributed by atoms with van der Waals surface area (Å²) in [6.45, 7) is 10.1. The first-order valence-electron chi connectivity index (χ1n) is 7.12. The van der Waals surface area contributed by atoms with Gasteiger partial charge in [-0.15, -0.1) is 0 Å². The second kappa shape index (κ2) is 5.76. The van der Waals surface area contributed by atoms with E-state index in [1.165, 1.54) is 6.07 Å². The van der Waals surface area contributed by atoms with E-state index >= 15 is 0 Å². The molecule has 4 nitrogen and oxygen atoms in total. The Labute approximate surface area is 124 Å². The minimum absolute atomic E-state index is 0.0402. The van der Waals surface area contributed by atoms with Crippen LogP contribution < -0.4 is 5.32 Å². The van der Waals surface area contributed by atoms with Crippen molar-refractivity contribution in [2.45, 2.75) is 46.7 Å². The molecule has 0 amide bonds. The molecule has 2 N–H and O–H groups in total. The molecule has 0 bridgehead atoms. The van der Waals surface area contributed by atoms with Crippen molar-refractivity contribution < 1.29 is 9.50 Å². The summed E-state index contributed by atoms with van der Waals surface area (Å²) < 4.78 is 15.0. The highest BCUT2D eigenvalue weighted by molar-refractivity contribution is 5.54. The smallest absolute Gasteiger partial charge is 0.126 e. The maximum Gasteiger partial charge on any atom is 0.126 e. The Morgan fingerprint density at radius 1 is 1.24 bits per heavy atom. The maximum absolute atomic E-state index is 13.1. The molecule has 1 unspecified atom stereocenters. The van der Waals surface area contributed by atoms with Crippen LogP contribution in [0.3, 0.4) is 0 Å². The van der Waals surface area contributed by atoms with Gasteiger partial charge in [-0.1, -0.05) is 6.07 Å². The topological polar surface area (TPSA) is 50.1 Å². The van der Waals surface area contributed by atoms with Crippen molar-refractivity contribution in [3.63, 3.8) is 0 Å². The molecule has 2 rings (SSSR count). The normalized spacial score (nSPS) is 12.7. The van der Waals surface area contributed by atoms with E-state index in [0.29, 0.717) is 5.56 Å². The molecule has 1 atom stereocenters. The fraction of sp³-hybridized carbons (Fsp3) is 0.438. The molecule has 0 aliphatic rings. The number of aromatic hydroxyl groups is 1. The van der Waals surface area contributed by atoms with Crippen molar-refractivity contribution >= 4 is 5.69 Å². The average Bonchev–Trinajstić information content (AvgIpc) is 2.66. The van der Waals surface area contributed by atoms with Crippen molar-refractivity contribution in [1.82, 2.24) is 9.78 Å². The minimum atomic E-state index is -0.441. The van der Waals surface area contributed by atoms with Gasteiger partial charge in [-0.05, 0) is 40.7 Å². The summed E-state index contributed by atoms with van der Waals surface area (Å²) in [6.07, 6.45) is 0. The van der Waals surface area contributed by atoms with Crippen molar-refractivity contribution in [2.24, 2.45) is 0 Å². The fourth-order valence-electron chi connectivity index (χ4n) is 2.55. The Bertz CT molecular complexity index is 649. The minimum Gasteiger partial charge on any atom is -0.507 e. The molecular formula is C16H22FN3O. The molecule has 0 aliphatic carbocycles. The van der Waals surface area contributed by atoms with E-state index in [9.17, 15) is 9.50 Å². The number of phenols is 1. The number of aryl methyl sites for hydroxylation is 1. The Balaban J connectivity index is 2.29. The van der Waals surface area contributed by atoms with E-state index in [2.05, 4.69) is 24.3 Å². The molecule has 0 spiro atoms. The quantitative estimate of drug-likeness (QED) is 0.891. The molecule has 0 saturated heterocycles. The van der Waals surface area contributed by atoms with E-state index in [1.807, 2.05) is 25.5 Å². The number of hydrogen-bond acceptors (Lipinski definition) is 3. The highest BCUT2D eigenvalue weighted by Crippen LogP contribution is 2.30. The third-order valence-electron chi connectivity index (χ3n) is 3.63. The van der Waals surface area contributed by atoms with Crippen LogP contribution >= 0.6 is 0 Å².